The third-order valence-corrected chi connectivity index (χ3v) is 3.65. The van der Waals surface area contributed by atoms with Crippen LogP contribution in [0.25, 0.3) is 11.3 Å². The first-order chi connectivity index (χ1) is 14.3. The van der Waals surface area contributed by atoms with Crippen LogP contribution in [-0.2, 0) is 0 Å². The maximum absolute atomic E-state index is 13.4. The monoisotopic (exact) mass is 417 g/mol. The maximum Gasteiger partial charge on any atom is 0.573 e. The number of hydrogen-bond donors (Lipinski definition) is 2. The normalized spacial score (nSPS) is 11.3. The van der Waals surface area contributed by atoms with E-state index in [1.807, 2.05) is 0 Å². The van der Waals surface area contributed by atoms with Crippen LogP contribution in [-0.4, -0.2) is 22.5 Å². The van der Waals surface area contributed by atoms with Gasteiger partial charge in [0.1, 0.15) is 23.2 Å². The molecule has 3 aromatic rings. The molecule has 2 N–H and O–H groups in total. The highest BCUT2D eigenvalue weighted by Gasteiger charge is 2.32. The number of H-pyrrole nitrogens is 1. The van der Waals surface area contributed by atoms with Crippen molar-refractivity contribution in [2.24, 2.45) is 5.10 Å². The van der Waals surface area contributed by atoms with Gasteiger partial charge in [-0.25, -0.2) is 14.8 Å². The van der Waals surface area contributed by atoms with Crippen molar-refractivity contribution in [3.63, 3.8) is 0 Å². The summed E-state index contributed by atoms with van der Waals surface area (Å²) in [5.41, 5.74) is 1.66. The van der Waals surface area contributed by atoms with E-state index < -0.39 is 23.5 Å². The Balaban J connectivity index is 1.91. The Hall–Kier alpha value is -4.20. The highest BCUT2D eigenvalue weighted by molar-refractivity contribution is 5.84. The van der Waals surface area contributed by atoms with Crippen molar-refractivity contribution >= 4 is 12.2 Å². The second kappa shape index (κ2) is 8.44. The number of rotatable bonds is 5. The van der Waals surface area contributed by atoms with E-state index in [-0.39, 0.29) is 22.8 Å². The van der Waals surface area contributed by atoms with E-state index >= 15 is 0 Å². The number of aromatic amines is 1. The molecule has 0 atom stereocenters. The quantitative estimate of drug-likeness (QED) is 0.374. The smallest absolute Gasteiger partial charge is 0.405 e. The Labute approximate surface area is 166 Å². The molecule has 0 amide bonds. The van der Waals surface area contributed by atoms with Gasteiger partial charge in [0.15, 0.2) is 0 Å². The van der Waals surface area contributed by atoms with Crippen molar-refractivity contribution in [3.8, 4) is 23.1 Å². The van der Waals surface area contributed by atoms with Crippen LogP contribution in [0.1, 0.15) is 11.1 Å². The van der Waals surface area contributed by atoms with Gasteiger partial charge in [-0.3, -0.25) is 9.78 Å². The fraction of sp³-hybridized carbons (Fsp3) is 0.0526. The molecule has 152 valence electrons. The molecule has 0 radical (unpaired) electrons. The van der Waals surface area contributed by atoms with Crippen LogP contribution in [0.4, 0.5) is 23.5 Å². The molecule has 0 saturated heterocycles. The lowest BCUT2D eigenvalue weighted by molar-refractivity contribution is -0.274. The molecule has 0 spiro atoms. The molecular formula is C19H11F4N5O2. The number of anilines is 1. The van der Waals surface area contributed by atoms with Gasteiger partial charge >= 0.3 is 6.36 Å². The maximum atomic E-state index is 13.4. The first-order valence-corrected chi connectivity index (χ1v) is 8.21. The number of aromatic nitrogens is 2. The molecule has 3 rings (SSSR count). The minimum atomic E-state index is -4.97. The van der Waals surface area contributed by atoms with Crippen molar-refractivity contribution in [1.29, 1.82) is 5.26 Å². The average Bonchev–Trinajstić information content (AvgIpc) is 2.69. The fourth-order valence-electron chi connectivity index (χ4n) is 2.44. The molecule has 30 heavy (non-hydrogen) atoms. The Morgan fingerprint density at radius 3 is 2.60 bits per heavy atom. The SMILES string of the molecule is N#Cc1c(-c2ccccc2)nc(NN=Cc2cc(F)ccc2OC(F)(F)F)[nH]c1=O. The lowest BCUT2D eigenvalue weighted by Gasteiger charge is -2.11. The zero-order chi connectivity index (χ0) is 21.7. The standard InChI is InChI=1S/C19H11F4N5O2/c20-13-6-7-15(30-19(21,22)23)12(8-13)10-25-28-18-26-16(11-4-2-1-3-5-11)14(9-24)17(29)27-18/h1-8,10H,(H2,26,27,28,29). The number of alkyl halides is 3. The van der Waals surface area contributed by atoms with E-state index in [0.717, 1.165) is 24.4 Å². The highest BCUT2D eigenvalue weighted by Crippen LogP contribution is 2.26. The number of nitrogens with zero attached hydrogens (tertiary/aromatic N) is 3. The number of hydrogen-bond acceptors (Lipinski definition) is 6. The number of nitriles is 1. The number of ether oxygens (including phenoxy) is 1. The minimum absolute atomic E-state index is 0.0893. The molecule has 2 aromatic carbocycles. The zero-order valence-electron chi connectivity index (χ0n) is 14.9. The molecule has 0 saturated carbocycles. The number of hydrazone groups is 1. The first-order valence-electron chi connectivity index (χ1n) is 8.21. The van der Waals surface area contributed by atoms with Gasteiger partial charge < -0.3 is 4.74 Å². The number of benzene rings is 2. The van der Waals surface area contributed by atoms with Crippen LogP contribution >= 0.6 is 0 Å². The van der Waals surface area contributed by atoms with Gasteiger partial charge in [0.2, 0.25) is 5.95 Å². The van der Waals surface area contributed by atoms with Crippen molar-refractivity contribution in [3.05, 3.63) is 75.8 Å². The summed E-state index contributed by atoms with van der Waals surface area (Å²) in [5.74, 6) is -1.65. The molecule has 1 heterocycles. The molecule has 0 aliphatic carbocycles. The van der Waals surface area contributed by atoms with Crippen LogP contribution in [0.5, 0.6) is 5.75 Å². The highest BCUT2D eigenvalue weighted by atomic mass is 19.4. The summed E-state index contributed by atoms with van der Waals surface area (Å²) in [7, 11) is 0. The summed E-state index contributed by atoms with van der Waals surface area (Å²) < 4.78 is 54.7. The summed E-state index contributed by atoms with van der Waals surface area (Å²) in [6.45, 7) is 0. The van der Waals surface area contributed by atoms with Crippen molar-refractivity contribution in [2.45, 2.75) is 6.36 Å². The Morgan fingerprint density at radius 2 is 1.93 bits per heavy atom. The number of halogens is 4. The van der Waals surface area contributed by atoms with Gasteiger partial charge in [-0.05, 0) is 18.2 Å². The van der Waals surface area contributed by atoms with E-state index in [9.17, 15) is 27.6 Å². The third kappa shape index (κ3) is 4.99. The van der Waals surface area contributed by atoms with Gasteiger partial charge in [-0.1, -0.05) is 30.3 Å². The molecule has 0 bridgehead atoms. The van der Waals surface area contributed by atoms with Gasteiger partial charge in [-0.15, -0.1) is 13.2 Å². The average molecular weight is 417 g/mol. The Bertz CT molecular complexity index is 1180. The van der Waals surface area contributed by atoms with E-state index in [4.69, 9.17) is 0 Å². The van der Waals surface area contributed by atoms with E-state index in [1.165, 1.54) is 0 Å². The van der Waals surface area contributed by atoms with Crippen molar-refractivity contribution in [2.75, 3.05) is 5.43 Å². The lowest BCUT2D eigenvalue weighted by atomic mass is 10.1. The van der Waals surface area contributed by atoms with Crippen LogP contribution in [0.2, 0.25) is 0 Å². The summed E-state index contributed by atoms with van der Waals surface area (Å²) in [4.78, 5) is 18.6. The summed E-state index contributed by atoms with van der Waals surface area (Å²) in [5, 5.41) is 12.9. The van der Waals surface area contributed by atoms with Crippen LogP contribution < -0.4 is 15.7 Å². The molecular weight excluding hydrogens is 406 g/mol. The van der Waals surface area contributed by atoms with Gasteiger partial charge in [0.25, 0.3) is 5.56 Å². The predicted octanol–water partition coefficient (Wildman–Crippen LogP) is 3.79. The largest absolute Gasteiger partial charge is 0.573 e. The minimum Gasteiger partial charge on any atom is -0.405 e. The van der Waals surface area contributed by atoms with E-state index in [0.29, 0.717) is 5.56 Å². The second-order valence-corrected chi connectivity index (χ2v) is 5.72. The second-order valence-electron chi connectivity index (χ2n) is 5.72. The molecule has 1 aromatic heterocycles. The molecule has 0 fully saturated rings. The zero-order valence-corrected chi connectivity index (χ0v) is 14.9. The Kier molecular flexibility index (Phi) is 5.78. The van der Waals surface area contributed by atoms with Crippen molar-refractivity contribution < 1.29 is 22.3 Å². The summed E-state index contributed by atoms with van der Waals surface area (Å²) >= 11 is 0. The van der Waals surface area contributed by atoms with Gasteiger partial charge in [0.05, 0.1) is 11.9 Å². The summed E-state index contributed by atoms with van der Waals surface area (Å²) in [6.07, 6.45) is -4.11. The van der Waals surface area contributed by atoms with E-state index in [2.05, 4.69) is 25.2 Å². The lowest BCUT2D eigenvalue weighted by Crippen LogP contribution is -2.18. The topological polar surface area (TPSA) is 103 Å². The predicted molar refractivity (Wildman–Crippen MR) is 99.3 cm³/mol. The van der Waals surface area contributed by atoms with E-state index in [1.54, 1.807) is 36.4 Å². The number of nitrogens with one attached hydrogen (secondary N) is 2. The Morgan fingerprint density at radius 1 is 1.20 bits per heavy atom. The third-order valence-electron chi connectivity index (χ3n) is 3.65. The fourth-order valence-corrected chi connectivity index (χ4v) is 2.44. The first kappa shape index (κ1) is 20.5. The van der Waals surface area contributed by atoms with Crippen LogP contribution in [0.3, 0.4) is 0 Å². The van der Waals surface area contributed by atoms with Crippen molar-refractivity contribution in [1.82, 2.24) is 9.97 Å². The van der Waals surface area contributed by atoms with Gasteiger partial charge in [0, 0.05) is 11.1 Å². The molecule has 0 aliphatic heterocycles. The molecule has 7 nitrogen and oxygen atoms in total. The van der Waals surface area contributed by atoms with Gasteiger partial charge in [-0.2, -0.15) is 10.4 Å². The molecule has 0 unspecified atom stereocenters. The van der Waals surface area contributed by atoms with Crippen LogP contribution in [0.15, 0.2) is 58.4 Å². The molecule has 11 heteroatoms. The summed E-state index contributed by atoms with van der Waals surface area (Å²) in [6, 6.07) is 12.6. The van der Waals surface area contributed by atoms with Crippen LogP contribution in [0, 0.1) is 17.1 Å². The molecule has 0 aliphatic rings.